The third-order valence-corrected chi connectivity index (χ3v) is 6.84. The maximum Gasteiger partial charge on any atom is 0.418 e. The van der Waals surface area contributed by atoms with Gasteiger partial charge in [-0.15, -0.1) is 0 Å². The maximum absolute atomic E-state index is 14.1. The number of amides is 2. The number of aromatic amines is 2. The number of halogens is 3. The van der Waals surface area contributed by atoms with Crippen molar-refractivity contribution in [2.75, 3.05) is 13.2 Å². The molecule has 0 fully saturated rings. The van der Waals surface area contributed by atoms with Crippen LogP contribution in [0, 0.1) is 0 Å². The summed E-state index contributed by atoms with van der Waals surface area (Å²) in [6.07, 6.45) is 3.22. The molecule has 45 heavy (non-hydrogen) atoms. The third-order valence-electron chi connectivity index (χ3n) is 6.84. The van der Waals surface area contributed by atoms with E-state index in [-0.39, 0.29) is 54.5 Å². The second-order valence-corrected chi connectivity index (χ2v) is 10.1. The summed E-state index contributed by atoms with van der Waals surface area (Å²) < 4.78 is 49.1. The molecule has 240 valence electrons. The molecule has 3 aromatic heterocycles. The Morgan fingerprint density at radius 1 is 1.07 bits per heavy atom. The minimum Gasteiger partial charge on any atom is -0.465 e. The van der Waals surface area contributed by atoms with Crippen LogP contribution < -0.4 is 21.8 Å². The number of nitrogens with one attached hydrogen (secondary N) is 4. The van der Waals surface area contributed by atoms with Crippen molar-refractivity contribution in [1.29, 1.82) is 0 Å². The zero-order valence-corrected chi connectivity index (χ0v) is 24.3. The Balaban J connectivity index is 1.39. The second-order valence-electron chi connectivity index (χ2n) is 10.1. The number of hydrogen-bond acceptors (Lipinski definition) is 7. The van der Waals surface area contributed by atoms with Gasteiger partial charge in [0.15, 0.2) is 0 Å². The standard InChI is InChI=1S/C29H32F3N7O6/c1-2-45-26(42)16-39-23-12-22(20(29(30,31)32)11-21(23)37-27(43)28(39)44)38-10-8-18(15-38)13-35-25(41)6-4-3-5-24(40)34-9-7-19-14-33-17-36-19/h8,10-12,14-15,17H,2-7,9,13,16H2,1H3,(H,33,36)(H,34,40)(H,35,41)(H,37,43). The summed E-state index contributed by atoms with van der Waals surface area (Å²) in [6, 6.07) is 3.29. The number of aromatic nitrogens is 5. The first-order valence-electron chi connectivity index (χ1n) is 14.2. The molecule has 2 amide bonds. The zero-order valence-electron chi connectivity index (χ0n) is 24.3. The van der Waals surface area contributed by atoms with Gasteiger partial charge in [0.25, 0.3) is 0 Å². The van der Waals surface area contributed by atoms with Crippen LogP contribution >= 0.6 is 0 Å². The predicted octanol–water partition coefficient (Wildman–Crippen LogP) is 2.32. The van der Waals surface area contributed by atoms with Crippen molar-refractivity contribution in [3.05, 3.63) is 80.6 Å². The van der Waals surface area contributed by atoms with Crippen LogP contribution in [0.1, 0.15) is 49.4 Å². The van der Waals surface area contributed by atoms with Crippen LogP contribution in [0.25, 0.3) is 16.7 Å². The van der Waals surface area contributed by atoms with E-state index in [1.807, 2.05) is 0 Å². The molecule has 4 N–H and O–H groups in total. The SMILES string of the molecule is CCOC(=O)Cn1c(=O)c(=O)[nH]c2cc(C(F)(F)F)c(-n3ccc(CNC(=O)CCCCC(=O)NCCc4cnc[nH]4)c3)cc21. The largest absolute Gasteiger partial charge is 0.465 e. The molecule has 0 radical (unpaired) electrons. The molecule has 0 spiro atoms. The average molecular weight is 632 g/mol. The molecule has 4 aromatic rings. The Hall–Kier alpha value is -5.15. The molecule has 0 aliphatic rings. The number of nitrogens with zero attached hydrogens (tertiary/aromatic N) is 3. The third kappa shape index (κ3) is 8.70. The summed E-state index contributed by atoms with van der Waals surface area (Å²) in [5.41, 5.74) is -2.74. The Morgan fingerprint density at radius 3 is 2.47 bits per heavy atom. The minimum atomic E-state index is -4.84. The van der Waals surface area contributed by atoms with Crippen molar-refractivity contribution in [2.45, 2.75) is 58.3 Å². The average Bonchev–Trinajstić information content (AvgIpc) is 3.68. The first kappa shape index (κ1) is 32.8. The molecule has 0 unspecified atom stereocenters. The molecule has 0 aliphatic carbocycles. The molecular formula is C29H32F3N7O6. The van der Waals surface area contributed by atoms with Crippen molar-refractivity contribution >= 4 is 28.8 Å². The van der Waals surface area contributed by atoms with Gasteiger partial charge in [-0.05, 0) is 43.5 Å². The zero-order chi connectivity index (χ0) is 32.6. The van der Waals surface area contributed by atoms with E-state index in [1.165, 1.54) is 23.0 Å². The highest BCUT2D eigenvalue weighted by Crippen LogP contribution is 2.36. The molecule has 3 heterocycles. The lowest BCUT2D eigenvalue weighted by Gasteiger charge is -2.17. The number of carbonyl (C=O) groups is 3. The Morgan fingerprint density at radius 2 is 1.80 bits per heavy atom. The molecule has 13 nitrogen and oxygen atoms in total. The maximum atomic E-state index is 14.1. The minimum absolute atomic E-state index is 0.00580. The van der Waals surface area contributed by atoms with Gasteiger partial charge in [0, 0.05) is 56.6 Å². The Labute approximate surface area is 253 Å². The normalized spacial score (nSPS) is 11.5. The van der Waals surface area contributed by atoms with Gasteiger partial charge in [-0.3, -0.25) is 28.5 Å². The van der Waals surface area contributed by atoms with Crippen molar-refractivity contribution in [2.24, 2.45) is 0 Å². The van der Waals surface area contributed by atoms with Crippen LogP contribution in [-0.2, 0) is 44.8 Å². The summed E-state index contributed by atoms with van der Waals surface area (Å²) in [5, 5.41) is 5.51. The molecule has 1 aromatic carbocycles. The summed E-state index contributed by atoms with van der Waals surface area (Å²) in [6.45, 7) is 1.39. The summed E-state index contributed by atoms with van der Waals surface area (Å²) in [7, 11) is 0. The van der Waals surface area contributed by atoms with Gasteiger partial charge in [0.05, 0.1) is 35.2 Å². The van der Waals surface area contributed by atoms with Gasteiger partial charge >= 0.3 is 23.3 Å². The topological polar surface area (TPSA) is 173 Å². The monoisotopic (exact) mass is 631 g/mol. The quantitative estimate of drug-likeness (QED) is 0.0939. The second kappa shape index (κ2) is 14.5. The highest BCUT2D eigenvalue weighted by atomic mass is 19.4. The van der Waals surface area contributed by atoms with E-state index >= 15 is 0 Å². The van der Waals surface area contributed by atoms with Crippen LogP contribution in [-0.4, -0.2) is 55.0 Å². The van der Waals surface area contributed by atoms with E-state index in [1.54, 1.807) is 19.4 Å². The highest BCUT2D eigenvalue weighted by molar-refractivity contribution is 5.81. The van der Waals surface area contributed by atoms with Crippen molar-refractivity contribution in [3.8, 4) is 5.69 Å². The number of H-pyrrole nitrogens is 2. The molecule has 0 atom stereocenters. The van der Waals surface area contributed by atoms with Gasteiger partial charge in [-0.1, -0.05) is 0 Å². The molecule has 0 bridgehead atoms. The Bertz CT molecular complexity index is 1770. The van der Waals surface area contributed by atoms with Gasteiger partial charge in [-0.2, -0.15) is 13.2 Å². The lowest BCUT2D eigenvalue weighted by atomic mass is 10.1. The number of fused-ring (bicyclic) bond motifs is 1. The number of imidazole rings is 1. The fraction of sp³-hybridized carbons (Fsp3) is 0.379. The van der Waals surface area contributed by atoms with Crippen molar-refractivity contribution in [3.63, 3.8) is 0 Å². The number of esters is 1. The smallest absolute Gasteiger partial charge is 0.418 e. The number of benzene rings is 1. The van der Waals surface area contributed by atoms with Crippen LogP contribution in [0.15, 0.2) is 52.7 Å². The number of carbonyl (C=O) groups excluding carboxylic acids is 3. The fourth-order valence-electron chi connectivity index (χ4n) is 4.64. The molecule has 0 saturated carbocycles. The lowest BCUT2D eigenvalue weighted by molar-refractivity contribution is -0.144. The van der Waals surface area contributed by atoms with Gasteiger partial charge in [0.2, 0.25) is 11.8 Å². The fourth-order valence-corrected chi connectivity index (χ4v) is 4.64. The highest BCUT2D eigenvalue weighted by Gasteiger charge is 2.35. The number of rotatable bonds is 14. The summed E-state index contributed by atoms with van der Waals surface area (Å²) in [5.74, 6) is -1.24. The van der Waals surface area contributed by atoms with E-state index in [4.69, 9.17) is 4.74 Å². The number of alkyl halides is 3. The number of ether oxygens (including phenoxy) is 1. The van der Waals surface area contributed by atoms with Crippen LogP contribution in [0.3, 0.4) is 0 Å². The van der Waals surface area contributed by atoms with Gasteiger partial charge < -0.3 is 29.9 Å². The van der Waals surface area contributed by atoms with E-state index in [0.29, 0.717) is 37.4 Å². The van der Waals surface area contributed by atoms with Crippen LogP contribution in [0.5, 0.6) is 0 Å². The summed E-state index contributed by atoms with van der Waals surface area (Å²) in [4.78, 5) is 70.1. The van der Waals surface area contributed by atoms with Crippen LogP contribution in [0.2, 0.25) is 0 Å². The molecular weight excluding hydrogens is 599 g/mol. The van der Waals surface area contributed by atoms with Crippen molar-refractivity contribution in [1.82, 2.24) is 34.7 Å². The first-order chi connectivity index (χ1) is 21.5. The first-order valence-corrected chi connectivity index (χ1v) is 14.2. The molecule has 16 heteroatoms. The lowest BCUT2D eigenvalue weighted by Crippen LogP contribution is -2.38. The van der Waals surface area contributed by atoms with E-state index in [2.05, 4.69) is 25.6 Å². The summed E-state index contributed by atoms with van der Waals surface area (Å²) >= 11 is 0. The van der Waals surface area contributed by atoms with E-state index < -0.39 is 35.4 Å². The molecule has 4 rings (SSSR count). The van der Waals surface area contributed by atoms with E-state index in [0.717, 1.165) is 16.3 Å². The van der Waals surface area contributed by atoms with Gasteiger partial charge in [0.1, 0.15) is 6.54 Å². The van der Waals surface area contributed by atoms with E-state index in [9.17, 15) is 37.1 Å². The predicted molar refractivity (Wildman–Crippen MR) is 155 cm³/mol. The Kier molecular flexibility index (Phi) is 10.6. The molecule has 0 aliphatic heterocycles. The van der Waals surface area contributed by atoms with Gasteiger partial charge in [-0.25, -0.2) is 4.98 Å². The number of hydrogen-bond donors (Lipinski definition) is 4. The van der Waals surface area contributed by atoms with Crippen LogP contribution in [0.4, 0.5) is 13.2 Å². The number of unbranched alkanes of at least 4 members (excludes halogenated alkanes) is 1. The molecule has 0 saturated heterocycles. The van der Waals surface area contributed by atoms with Crippen molar-refractivity contribution < 1.29 is 32.3 Å².